The minimum Gasteiger partial charge on any atom is -0.485 e. The van der Waals surface area contributed by atoms with Crippen LogP contribution in [0.3, 0.4) is 0 Å². The van der Waals surface area contributed by atoms with Crippen molar-refractivity contribution in [3.63, 3.8) is 0 Å². The summed E-state index contributed by atoms with van der Waals surface area (Å²) in [6.45, 7) is 0.285. The molecule has 3 aromatic carbocycles. The van der Waals surface area contributed by atoms with Gasteiger partial charge in [-0.3, -0.25) is 19.3 Å². The summed E-state index contributed by atoms with van der Waals surface area (Å²) < 4.78 is 16.9. The topological polar surface area (TPSA) is 98.1 Å². The van der Waals surface area contributed by atoms with Gasteiger partial charge in [0.1, 0.15) is 17.3 Å². The average molecular weight is 511 g/mol. The molecule has 0 aliphatic carbocycles. The number of furan rings is 1. The molecule has 38 heavy (non-hydrogen) atoms. The van der Waals surface area contributed by atoms with Crippen molar-refractivity contribution in [1.82, 2.24) is 5.32 Å². The van der Waals surface area contributed by atoms with Crippen LogP contribution in [-0.4, -0.2) is 37.4 Å². The van der Waals surface area contributed by atoms with Gasteiger partial charge in [-0.15, -0.1) is 0 Å². The number of Topliss-reactive ketones (excluding diaryl/α,β-unsaturated/α-hetero) is 1. The molecule has 0 fully saturated rings. The molecule has 192 valence electrons. The summed E-state index contributed by atoms with van der Waals surface area (Å²) in [6.07, 6.45) is 0.705. The molecule has 0 saturated carbocycles. The molecule has 8 nitrogen and oxygen atoms in total. The molecule has 1 aliphatic heterocycles. The molecule has 0 saturated heterocycles. The van der Waals surface area contributed by atoms with E-state index >= 15 is 0 Å². The van der Waals surface area contributed by atoms with Crippen LogP contribution in [0, 0.1) is 0 Å². The zero-order chi connectivity index (χ0) is 26.3. The van der Waals surface area contributed by atoms with Crippen molar-refractivity contribution < 1.29 is 28.3 Å². The second-order valence-corrected chi connectivity index (χ2v) is 8.73. The third kappa shape index (κ3) is 5.92. The highest BCUT2D eigenvalue weighted by Crippen LogP contribution is 2.34. The summed E-state index contributed by atoms with van der Waals surface area (Å²) in [4.78, 5) is 39.5. The average Bonchev–Trinajstić information content (AvgIpc) is 3.43. The van der Waals surface area contributed by atoms with Crippen molar-refractivity contribution in [3.8, 4) is 11.5 Å². The van der Waals surface area contributed by atoms with Crippen molar-refractivity contribution in [2.45, 2.75) is 13.0 Å². The van der Waals surface area contributed by atoms with E-state index in [1.54, 1.807) is 42.5 Å². The maximum Gasteiger partial charge on any atom is 0.287 e. The summed E-state index contributed by atoms with van der Waals surface area (Å²) in [7, 11) is 0. The minimum atomic E-state index is -0.327. The molecular formula is C30H26N2O6. The first-order valence-corrected chi connectivity index (χ1v) is 12.3. The summed E-state index contributed by atoms with van der Waals surface area (Å²) >= 11 is 0. The van der Waals surface area contributed by atoms with Gasteiger partial charge in [-0.25, -0.2) is 0 Å². The zero-order valence-electron chi connectivity index (χ0n) is 20.6. The van der Waals surface area contributed by atoms with Crippen molar-refractivity contribution >= 4 is 23.3 Å². The summed E-state index contributed by atoms with van der Waals surface area (Å²) in [5.74, 6) is 0.828. The number of rotatable bonds is 10. The third-order valence-corrected chi connectivity index (χ3v) is 6.08. The number of nitrogens with zero attached hydrogens (tertiary/aromatic N) is 1. The molecule has 1 aromatic heterocycles. The van der Waals surface area contributed by atoms with Gasteiger partial charge >= 0.3 is 0 Å². The number of nitrogens with one attached hydrogen (secondary N) is 1. The third-order valence-electron chi connectivity index (χ3n) is 6.08. The number of ether oxygens (including phenoxy) is 2. The van der Waals surface area contributed by atoms with Crippen LogP contribution in [0.5, 0.6) is 11.5 Å². The Kier molecular flexibility index (Phi) is 7.49. The first kappa shape index (κ1) is 24.8. The van der Waals surface area contributed by atoms with Crippen LogP contribution < -0.4 is 19.7 Å². The summed E-state index contributed by atoms with van der Waals surface area (Å²) in [5, 5.41) is 2.85. The van der Waals surface area contributed by atoms with Crippen molar-refractivity contribution in [1.29, 1.82) is 0 Å². The van der Waals surface area contributed by atoms with E-state index in [0.717, 1.165) is 5.56 Å². The van der Waals surface area contributed by atoms with Crippen molar-refractivity contribution in [2.75, 3.05) is 24.7 Å². The quantitative estimate of drug-likeness (QED) is 0.317. The normalized spacial score (nSPS) is 12.4. The molecule has 1 N–H and O–H groups in total. The van der Waals surface area contributed by atoms with Gasteiger partial charge in [0.15, 0.2) is 24.8 Å². The number of amides is 2. The van der Waals surface area contributed by atoms with Crippen LogP contribution in [0.15, 0.2) is 95.4 Å². The highest BCUT2D eigenvalue weighted by atomic mass is 16.5. The van der Waals surface area contributed by atoms with Crippen LogP contribution >= 0.6 is 0 Å². The lowest BCUT2D eigenvalue weighted by atomic mass is 10.1. The van der Waals surface area contributed by atoms with Gasteiger partial charge in [0.05, 0.1) is 12.2 Å². The number of benzene rings is 3. The molecule has 0 spiro atoms. The molecular weight excluding hydrogens is 484 g/mol. The van der Waals surface area contributed by atoms with Gasteiger partial charge in [0, 0.05) is 12.1 Å². The number of hydrogen-bond acceptors (Lipinski definition) is 6. The van der Waals surface area contributed by atoms with Crippen molar-refractivity contribution in [3.05, 3.63) is 114 Å². The van der Waals surface area contributed by atoms with E-state index in [4.69, 9.17) is 13.9 Å². The van der Waals surface area contributed by atoms with Crippen LogP contribution in [0.1, 0.15) is 32.2 Å². The number of hydrogen-bond donors (Lipinski definition) is 1. The maximum absolute atomic E-state index is 12.8. The smallest absolute Gasteiger partial charge is 0.287 e. The lowest BCUT2D eigenvalue weighted by Crippen LogP contribution is -2.38. The van der Waals surface area contributed by atoms with E-state index in [1.165, 1.54) is 4.90 Å². The van der Waals surface area contributed by atoms with Crippen LogP contribution in [-0.2, 0) is 17.8 Å². The predicted octanol–water partition coefficient (Wildman–Crippen LogP) is 4.44. The van der Waals surface area contributed by atoms with E-state index in [2.05, 4.69) is 5.32 Å². The van der Waals surface area contributed by atoms with Crippen LogP contribution in [0.4, 0.5) is 5.69 Å². The fourth-order valence-corrected chi connectivity index (χ4v) is 4.09. The van der Waals surface area contributed by atoms with Gasteiger partial charge in [-0.05, 0) is 54.4 Å². The first-order chi connectivity index (χ1) is 18.6. The molecule has 0 unspecified atom stereocenters. The van der Waals surface area contributed by atoms with Gasteiger partial charge < -0.3 is 19.2 Å². The van der Waals surface area contributed by atoms with Gasteiger partial charge in [0.25, 0.3) is 11.8 Å². The van der Waals surface area contributed by atoms with E-state index < -0.39 is 0 Å². The number of ketones is 1. The Morgan fingerprint density at radius 3 is 2.47 bits per heavy atom. The zero-order valence-corrected chi connectivity index (χ0v) is 20.6. The maximum atomic E-state index is 12.8. The molecule has 0 atom stereocenters. The van der Waals surface area contributed by atoms with E-state index in [0.29, 0.717) is 41.5 Å². The number of carbonyl (C=O) groups excluding carboxylic acids is 3. The second kappa shape index (κ2) is 11.5. The Morgan fingerprint density at radius 2 is 1.68 bits per heavy atom. The Hall–Kier alpha value is -4.85. The number of carbonyl (C=O) groups is 3. The van der Waals surface area contributed by atoms with E-state index in [1.807, 2.05) is 48.5 Å². The standard InChI is InChI=1S/C30H26N2O6/c33-26(19-36-23-9-5-2-6-10-23)22-11-13-27-25(17-22)32(29(34)20-37-27)18-24-12-14-28(38-24)30(35)31-16-15-21-7-3-1-4-8-21/h1-14,17H,15-16,18-20H2,(H,31,35). The van der Waals surface area contributed by atoms with Gasteiger partial charge in [0.2, 0.25) is 0 Å². The molecule has 2 heterocycles. The Balaban J connectivity index is 1.24. The Bertz CT molecular complexity index is 1430. The Labute approximate surface area is 219 Å². The molecule has 2 amide bonds. The monoisotopic (exact) mass is 510 g/mol. The molecule has 1 aliphatic rings. The first-order valence-electron chi connectivity index (χ1n) is 12.3. The Morgan fingerprint density at radius 1 is 0.921 bits per heavy atom. The molecule has 0 bridgehead atoms. The molecule has 5 rings (SSSR count). The highest BCUT2D eigenvalue weighted by molar-refractivity contribution is 6.02. The van der Waals surface area contributed by atoms with Crippen molar-refractivity contribution in [2.24, 2.45) is 0 Å². The van der Waals surface area contributed by atoms with Crippen LogP contribution in [0.25, 0.3) is 0 Å². The number of anilines is 1. The second-order valence-electron chi connectivity index (χ2n) is 8.73. The fraction of sp³-hybridized carbons (Fsp3) is 0.167. The predicted molar refractivity (Wildman–Crippen MR) is 141 cm³/mol. The van der Waals surface area contributed by atoms with Gasteiger partial charge in [-0.2, -0.15) is 0 Å². The summed E-state index contributed by atoms with van der Waals surface area (Å²) in [5.41, 5.74) is 1.97. The highest BCUT2D eigenvalue weighted by Gasteiger charge is 2.28. The van der Waals surface area contributed by atoms with Crippen LogP contribution in [0.2, 0.25) is 0 Å². The number of para-hydroxylation sites is 1. The summed E-state index contributed by atoms with van der Waals surface area (Å²) in [6, 6.07) is 27.1. The number of fused-ring (bicyclic) bond motifs is 1. The minimum absolute atomic E-state index is 0.0879. The molecule has 8 heteroatoms. The van der Waals surface area contributed by atoms with E-state index in [9.17, 15) is 14.4 Å². The molecule has 0 radical (unpaired) electrons. The lowest BCUT2D eigenvalue weighted by Gasteiger charge is -2.29. The SMILES string of the molecule is O=C(COc1ccccc1)c1ccc2c(c1)N(Cc1ccc(C(=O)NCCc3ccccc3)o1)C(=O)CO2. The van der Waals surface area contributed by atoms with Gasteiger partial charge in [-0.1, -0.05) is 48.5 Å². The van der Waals surface area contributed by atoms with E-state index in [-0.39, 0.29) is 43.1 Å². The fourth-order valence-electron chi connectivity index (χ4n) is 4.09. The lowest BCUT2D eigenvalue weighted by molar-refractivity contribution is -0.121. The molecule has 4 aromatic rings. The largest absolute Gasteiger partial charge is 0.485 e.